The Morgan fingerprint density at radius 1 is 1.06 bits per heavy atom. The zero-order valence-electron chi connectivity index (χ0n) is 18.9. The van der Waals surface area contributed by atoms with E-state index in [1.165, 1.54) is 29.6 Å². The number of fused-ring (bicyclic) bond motifs is 1. The molecule has 0 aromatic heterocycles. The van der Waals surface area contributed by atoms with Crippen LogP contribution in [0.25, 0.3) is 0 Å². The van der Waals surface area contributed by atoms with E-state index in [9.17, 15) is 21.6 Å². The topological polar surface area (TPSA) is 122 Å². The van der Waals surface area contributed by atoms with E-state index in [0.717, 1.165) is 29.8 Å². The second-order valence-electron chi connectivity index (χ2n) is 8.18. The molecule has 2 aliphatic rings. The molecule has 0 bridgehead atoms. The summed E-state index contributed by atoms with van der Waals surface area (Å²) in [5, 5.41) is 2.66. The predicted octanol–water partition coefficient (Wildman–Crippen LogP) is 2.04. The van der Waals surface area contributed by atoms with Crippen LogP contribution in [0.4, 0.5) is 11.4 Å². The first-order valence-electron chi connectivity index (χ1n) is 10.8. The van der Waals surface area contributed by atoms with Gasteiger partial charge < -0.3 is 14.8 Å². The number of piperidine rings is 1. The van der Waals surface area contributed by atoms with Gasteiger partial charge in [-0.05, 0) is 43.2 Å². The number of carbonyl (C=O) groups is 1. The standard InChI is InChI=1S/C22H27N3O7S2/c1-31-19-11-10-16(34(29,30)24-12-6-3-7-13-24)14-17(19)23-22(26)21-15-25(33(2,27)28)18-8-4-5-9-20(18)32-21/h4-5,8-11,14,21H,3,6-7,12-13,15H2,1-2H3,(H,23,26)/t21-/m1/s1. The fourth-order valence-corrected chi connectivity index (χ4v) is 6.52. The van der Waals surface area contributed by atoms with Crippen molar-refractivity contribution in [2.75, 3.05) is 42.6 Å². The Hall–Kier alpha value is -2.83. The predicted molar refractivity (Wildman–Crippen MR) is 127 cm³/mol. The molecule has 1 saturated heterocycles. The highest BCUT2D eigenvalue weighted by molar-refractivity contribution is 7.92. The molecule has 4 rings (SSSR count). The third kappa shape index (κ3) is 4.84. The Bertz CT molecular complexity index is 1290. The molecule has 1 amide bonds. The number of amides is 1. The average Bonchev–Trinajstić information content (AvgIpc) is 2.83. The normalized spacial score (nSPS) is 19.1. The fourth-order valence-electron chi connectivity index (χ4n) is 4.07. The van der Waals surface area contributed by atoms with Gasteiger partial charge in [-0.25, -0.2) is 16.8 Å². The Kier molecular flexibility index (Phi) is 6.74. The maximum atomic E-state index is 13.1. The molecule has 0 unspecified atom stereocenters. The van der Waals surface area contributed by atoms with Crippen LogP contribution in [0.15, 0.2) is 47.4 Å². The number of benzene rings is 2. The van der Waals surface area contributed by atoms with E-state index in [2.05, 4.69) is 5.32 Å². The van der Waals surface area contributed by atoms with Crippen LogP contribution in [0.1, 0.15) is 19.3 Å². The molecule has 2 aliphatic heterocycles. The van der Waals surface area contributed by atoms with Crippen LogP contribution in [0.3, 0.4) is 0 Å². The summed E-state index contributed by atoms with van der Waals surface area (Å²) in [5.74, 6) is -0.108. The number of ether oxygens (including phenoxy) is 2. The number of hydrogen-bond donors (Lipinski definition) is 1. The van der Waals surface area contributed by atoms with Crippen molar-refractivity contribution in [2.24, 2.45) is 0 Å². The third-order valence-electron chi connectivity index (χ3n) is 5.81. The van der Waals surface area contributed by atoms with Crippen molar-refractivity contribution >= 4 is 37.3 Å². The van der Waals surface area contributed by atoms with Gasteiger partial charge >= 0.3 is 0 Å². The largest absolute Gasteiger partial charge is 0.495 e. The molecule has 34 heavy (non-hydrogen) atoms. The Labute approximate surface area is 199 Å². The number of nitrogens with one attached hydrogen (secondary N) is 1. The number of nitrogens with zero attached hydrogens (tertiary/aromatic N) is 2. The Morgan fingerprint density at radius 3 is 2.44 bits per heavy atom. The molecule has 1 fully saturated rings. The lowest BCUT2D eigenvalue weighted by Crippen LogP contribution is -2.48. The van der Waals surface area contributed by atoms with E-state index < -0.39 is 32.1 Å². The lowest BCUT2D eigenvalue weighted by Gasteiger charge is -2.34. The van der Waals surface area contributed by atoms with Crippen molar-refractivity contribution < 1.29 is 31.1 Å². The van der Waals surface area contributed by atoms with E-state index in [1.807, 2.05) is 0 Å². The minimum atomic E-state index is -3.73. The zero-order chi connectivity index (χ0) is 24.5. The van der Waals surface area contributed by atoms with Crippen molar-refractivity contribution in [3.8, 4) is 11.5 Å². The van der Waals surface area contributed by atoms with Gasteiger partial charge in [-0.1, -0.05) is 18.6 Å². The van der Waals surface area contributed by atoms with E-state index in [0.29, 0.717) is 18.8 Å². The SMILES string of the molecule is COc1ccc(S(=O)(=O)N2CCCCC2)cc1NC(=O)[C@H]1CN(S(C)(=O)=O)c2ccccc2O1. The van der Waals surface area contributed by atoms with Gasteiger partial charge in [-0.15, -0.1) is 0 Å². The molecule has 10 nitrogen and oxygen atoms in total. The van der Waals surface area contributed by atoms with Crippen LogP contribution >= 0.6 is 0 Å². The molecule has 1 atom stereocenters. The smallest absolute Gasteiger partial charge is 0.267 e. The van der Waals surface area contributed by atoms with Crippen molar-refractivity contribution in [1.29, 1.82) is 0 Å². The molecule has 0 radical (unpaired) electrons. The molecule has 184 valence electrons. The summed E-state index contributed by atoms with van der Waals surface area (Å²) in [7, 11) is -5.99. The van der Waals surface area contributed by atoms with Crippen molar-refractivity contribution in [3.63, 3.8) is 0 Å². The van der Waals surface area contributed by atoms with Crippen molar-refractivity contribution in [2.45, 2.75) is 30.3 Å². The highest BCUT2D eigenvalue weighted by Crippen LogP contribution is 2.35. The van der Waals surface area contributed by atoms with Gasteiger partial charge in [-0.3, -0.25) is 9.10 Å². The monoisotopic (exact) mass is 509 g/mol. The summed E-state index contributed by atoms with van der Waals surface area (Å²) >= 11 is 0. The summed E-state index contributed by atoms with van der Waals surface area (Å²) in [6, 6.07) is 10.8. The van der Waals surface area contributed by atoms with Crippen LogP contribution in [0.2, 0.25) is 0 Å². The zero-order valence-corrected chi connectivity index (χ0v) is 20.6. The van der Waals surface area contributed by atoms with E-state index in [-0.39, 0.29) is 28.6 Å². The van der Waals surface area contributed by atoms with Gasteiger partial charge in [0.2, 0.25) is 20.0 Å². The van der Waals surface area contributed by atoms with Crippen LogP contribution < -0.4 is 19.1 Å². The van der Waals surface area contributed by atoms with Gasteiger partial charge in [0.05, 0.1) is 36.2 Å². The lowest BCUT2D eigenvalue weighted by atomic mass is 10.2. The summed E-state index contributed by atoms with van der Waals surface area (Å²) in [6.07, 6.45) is 2.50. The van der Waals surface area contributed by atoms with E-state index >= 15 is 0 Å². The highest BCUT2D eigenvalue weighted by atomic mass is 32.2. The second kappa shape index (κ2) is 9.43. The first-order chi connectivity index (χ1) is 16.1. The average molecular weight is 510 g/mol. The third-order valence-corrected chi connectivity index (χ3v) is 8.85. The van der Waals surface area contributed by atoms with Crippen LogP contribution in [0, 0.1) is 0 Å². The molecule has 0 saturated carbocycles. The number of anilines is 2. The van der Waals surface area contributed by atoms with Gasteiger partial charge in [0.25, 0.3) is 5.91 Å². The number of rotatable bonds is 6. The number of hydrogen-bond acceptors (Lipinski definition) is 7. The van der Waals surface area contributed by atoms with Crippen molar-refractivity contribution in [1.82, 2.24) is 4.31 Å². The lowest BCUT2D eigenvalue weighted by molar-refractivity contribution is -0.122. The van der Waals surface area contributed by atoms with Crippen LogP contribution in [0.5, 0.6) is 11.5 Å². The second-order valence-corrected chi connectivity index (χ2v) is 12.0. The fraction of sp³-hybridized carbons (Fsp3) is 0.409. The van der Waals surface area contributed by atoms with E-state index in [1.54, 1.807) is 24.3 Å². The number of sulfonamides is 2. The van der Waals surface area contributed by atoms with Crippen LogP contribution in [-0.2, 0) is 24.8 Å². The quantitative estimate of drug-likeness (QED) is 0.632. The first-order valence-corrected chi connectivity index (χ1v) is 14.1. The van der Waals surface area contributed by atoms with Gasteiger partial charge in [0.15, 0.2) is 6.10 Å². The van der Waals surface area contributed by atoms with Gasteiger partial charge in [0.1, 0.15) is 11.5 Å². The molecule has 2 aromatic rings. The minimum absolute atomic E-state index is 0.0400. The Morgan fingerprint density at radius 2 is 1.76 bits per heavy atom. The molecule has 2 heterocycles. The molecule has 1 N–H and O–H groups in total. The molecular weight excluding hydrogens is 482 g/mol. The summed E-state index contributed by atoms with van der Waals surface area (Å²) < 4.78 is 64.5. The summed E-state index contributed by atoms with van der Waals surface area (Å²) in [4.78, 5) is 13.1. The minimum Gasteiger partial charge on any atom is -0.495 e. The molecular formula is C22H27N3O7S2. The molecule has 0 aliphatic carbocycles. The van der Waals surface area contributed by atoms with Crippen molar-refractivity contribution in [3.05, 3.63) is 42.5 Å². The number of carbonyl (C=O) groups excluding carboxylic acids is 1. The summed E-state index contributed by atoms with van der Waals surface area (Å²) in [6.45, 7) is 0.676. The summed E-state index contributed by atoms with van der Waals surface area (Å²) in [5.41, 5.74) is 0.500. The Balaban J connectivity index is 1.61. The van der Waals surface area contributed by atoms with Crippen LogP contribution in [-0.4, -0.2) is 66.2 Å². The van der Waals surface area contributed by atoms with E-state index in [4.69, 9.17) is 9.47 Å². The maximum absolute atomic E-state index is 13.1. The highest BCUT2D eigenvalue weighted by Gasteiger charge is 2.35. The van der Waals surface area contributed by atoms with Gasteiger partial charge in [-0.2, -0.15) is 4.31 Å². The molecule has 0 spiro atoms. The van der Waals surface area contributed by atoms with Gasteiger partial charge in [0, 0.05) is 13.1 Å². The molecule has 12 heteroatoms. The molecule has 2 aromatic carbocycles. The number of para-hydroxylation sites is 2. The first kappa shape index (κ1) is 24.3. The number of methoxy groups -OCH3 is 1. The maximum Gasteiger partial charge on any atom is 0.267 e.